The molecule has 1 aliphatic heterocycles. The molecule has 1 saturated heterocycles. The van der Waals surface area contributed by atoms with E-state index >= 15 is 0 Å². The van der Waals surface area contributed by atoms with Crippen LogP contribution in [0.1, 0.15) is 18.4 Å². The van der Waals surface area contributed by atoms with Gasteiger partial charge in [0.25, 0.3) is 0 Å². The Morgan fingerprint density at radius 2 is 2.17 bits per heavy atom. The summed E-state index contributed by atoms with van der Waals surface area (Å²) in [7, 11) is 1.24. The van der Waals surface area contributed by atoms with Gasteiger partial charge in [0.1, 0.15) is 6.61 Å². The van der Waals surface area contributed by atoms with Crippen LogP contribution in [0, 0.1) is 16.7 Å². The van der Waals surface area contributed by atoms with E-state index in [1.807, 2.05) is 30.3 Å². The summed E-state index contributed by atoms with van der Waals surface area (Å²) in [6.07, 6.45) is 1.62. The lowest BCUT2D eigenvalue weighted by molar-refractivity contribution is -0.147. The van der Waals surface area contributed by atoms with Crippen LogP contribution in [0.15, 0.2) is 43.0 Å². The number of benzene rings is 1. The van der Waals surface area contributed by atoms with E-state index in [9.17, 15) is 14.9 Å². The highest BCUT2D eigenvalue weighted by Crippen LogP contribution is 2.41. The van der Waals surface area contributed by atoms with Gasteiger partial charge in [-0.15, -0.1) is 6.58 Å². The third-order valence-corrected chi connectivity index (χ3v) is 4.23. The van der Waals surface area contributed by atoms with E-state index in [4.69, 9.17) is 9.47 Å². The fourth-order valence-electron chi connectivity index (χ4n) is 2.98. The minimum atomic E-state index is -1.03. The molecule has 0 saturated carbocycles. The van der Waals surface area contributed by atoms with E-state index < -0.39 is 23.5 Å². The molecule has 6 heteroatoms. The molecule has 1 aliphatic rings. The van der Waals surface area contributed by atoms with Crippen molar-refractivity contribution in [3.63, 3.8) is 0 Å². The molecule has 1 aromatic carbocycles. The Bertz CT molecular complexity index is 653. The third kappa shape index (κ3) is 3.40. The summed E-state index contributed by atoms with van der Waals surface area (Å²) in [5, 5.41) is 9.59. The van der Waals surface area contributed by atoms with Crippen molar-refractivity contribution in [3.8, 4) is 6.07 Å². The first-order valence-electron chi connectivity index (χ1n) is 7.65. The number of carbonyl (C=O) groups is 2. The van der Waals surface area contributed by atoms with Gasteiger partial charge in [0, 0.05) is 6.54 Å². The average molecular weight is 328 g/mol. The Kier molecular flexibility index (Phi) is 5.59. The number of methoxy groups -OCH3 is 1. The molecule has 6 nitrogen and oxygen atoms in total. The van der Waals surface area contributed by atoms with Crippen LogP contribution in [0.3, 0.4) is 0 Å². The van der Waals surface area contributed by atoms with Crippen molar-refractivity contribution in [2.45, 2.75) is 25.5 Å². The molecule has 126 valence electrons. The van der Waals surface area contributed by atoms with Gasteiger partial charge in [-0.05, 0) is 18.4 Å². The maximum absolute atomic E-state index is 12.4. The Hall–Kier alpha value is -2.81. The third-order valence-electron chi connectivity index (χ3n) is 4.23. The number of nitrogens with zero attached hydrogens (tertiary/aromatic N) is 2. The molecular formula is C18H20N2O4. The van der Waals surface area contributed by atoms with Gasteiger partial charge < -0.3 is 9.47 Å². The smallest absolute Gasteiger partial charge is 0.410 e. The molecule has 0 N–H and O–H groups in total. The standard InChI is InChI=1S/C18H20N2O4/c1-3-9-18(13-19)10-11-20(15(18)16(21)23-2)17(22)24-12-14-7-5-4-6-8-14/h3-8,15H,1,9-12H2,2H3. The summed E-state index contributed by atoms with van der Waals surface area (Å²) >= 11 is 0. The number of amides is 1. The lowest BCUT2D eigenvalue weighted by atomic mass is 9.78. The number of nitriles is 1. The number of carbonyl (C=O) groups excluding carboxylic acids is 2. The van der Waals surface area contributed by atoms with Crippen LogP contribution >= 0.6 is 0 Å². The monoisotopic (exact) mass is 328 g/mol. The lowest BCUT2D eigenvalue weighted by Gasteiger charge is -2.29. The molecule has 1 aromatic rings. The molecule has 0 spiro atoms. The summed E-state index contributed by atoms with van der Waals surface area (Å²) in [6.45, 7) is 4.01. The van der Waals surface area contributed by atoms with Crippen molar-refractivity contribution >= 4 is 12.1 Å². The van der Waals surface area contributed by atoms with Crippen molar-refractivity contribution in [2.75, 3.05) is 13.7 Å². The Labute approximate surface area is 141 Å². The van der Waals surface area contributed by atoms with Gasteiger partial charge in [0.05, 0.1) is 18.6 Å². The lowest BCUT2D eigenvalue weighted by Crippen LogP contribution is -2.48. The van der Waals surface area contributed by atoms with Crippen LogP contribution in [-0.4, -0.2) is 36.7 Å². The van der Waals surface area contributed by atoms with Crippen molar-refractivity contribution in [2.24, 2.45) is 5.41 Å². The summed E-state index contributed by atoms with van der Waals surface area (Å²) in [5.74, 6) is -0.618. The van der Waals surface area contributed by atoms with E-state index in [2.05, 4.69) is 12.6 Å². The second-order valence-corrected chi connectivity index (χ2v) is 5.67. The SMILES string of the molecule is C=CCC1(C#N)CCN(C(=O)OCc2ccccc2)C1C(=O)OC. The summed E-state index contributed by atoms with van der Waals surface area (Å²) < 4.78 is 10.1. The van der Waals surface area contributed by atoms with Gasteiger partial charge in [0.2, 0.25) is 0 Å². The van der Waals surface area contributed by atoms with E-state index in [1.54, 1.807) is 6.08 Å². The highest BCUT2D eigenvalue weighted by Gasteiger charge is 2.54. The fourth-order valence-corrected chi connectivity index (χ4v) is 2.98. The Morgan fingerprint density at radius 3 is 2.75 bits per heavy atom. The highest BCUT2D eigenvalue weighted by molar-refractivity contribution is 5.83. The Balaban J connectivity index is 2.15. The Morgan fingerprint density at radius 1 is 1.46 bits per heavy atom. The highest BCUT2D eigenvalue weighted by atomic mass is 16.6. The molecule has 24 heavy (non-hydrogen) atoms. The second-order valence-electron chi connectivity index (χ2n) is 5.67. The topological polar surface area (TPSA) is 79.6 Å². The minimum absolute atomic E-state index is 0.102. The maximum Gasteiger partial charge on any atom is 0.410 e. The van der Waals surface area contributed by atoms with Crippen LogP contribution in [0.4, 0.5) is 4.79 Å². The van der Waals surface area contributed by atoms with Crippen molar-refractivity contribution in [1.29, 1.82) is 5.26 Å². The minimum Gasteiger partial charge on any atom is -0.467 e. The molecule has 2 atom stereocenters. The van der Waals surface area contributed by atoms with E-state index in [1.165, 1.54) is 12.0 Å². The molecule has 2 rings (SSSR count). The number of hydrogen-bond donors (Lipinski definition) is 0. The van der Waals surface area contributed by atoms with Gasteiger partial charge in [-0.3, -0.25) is 4.90 Å². The van der Waals surface area contributed by atoms with E-state index in [-0.39, 0.29) is 13.2 Å². The molecule has 0 bridgehead atoms. The first-order valence-corrected chi connectivity index (χ1v) is 7.65. The van der Waals surface area contributed by atoms with E-state index in [0.717, 1.165) is 5.56 Å². The first-order chi connectivity index (χ1) is 11.6. The van der Waals surface area contributed by atoms with Crippen molar-refractivity contribution in [3.05, 3.63) is 48.6 Å². The van der Waals surface area contributed by atoms with Gasteiger partial charge >= 0.3 is 12.1 Å². The summed E-state index contributed by atoms with van der Waals surface area (Å²) in [5.41, 5.74) is -0.182. The largest absolute Gasteiger partial charge is 0.467 e. The van der Waals surface area contributed by atoms with Crippen LogP contribution in [-0.2, 0) is 20.9 Å². The molecule has 1 fully saturated rings. The van der Waals surface area contributed by atoms with Crippen molar-refractivity contribution < 1.29 is 19.1 Å². The van der Waals surface area contributed by atoms with Crippen LogP contribution in [0.25, 0.3) is 0 Å². The molecule has 1 amide bonds. The first kappa shape index (κ1) is 17.5. The molecule has 0 aromatic heterocycles. The van der Waals surface area contributed by atoms with Gasteiger partial charge in [0.15, 0.2) is 6.04 Å². The van der Waals surface area contributed by atoms with Crippen LogP contribution < -0.4 is 0 Å². The predicted octanol–water partition coefficient (Wildman–Crippen LogP) is 2.66. The second kappa shape index (κ2) is 7.64. The predicted molar refractivity (Wildman–Crippen MR) is 86.6 cm³/mol. The number of rotatable bonds is 5. The number of ether oxygens (including phenoxy) is 2. The van der Waals surface area contributed by atoms with Crippen molar-refractivity contribution in [1.82, 2.24) is 4.90 Å². The zero-order valence-electron chi connectivity index (χ0n) is 13.6. The maximum atomic E-state index is 12.4. The van der Waals surface area contributed by atoms with Gasteiger partial charge in [-0.1, -0.05) is 36.4 Å². The zero-order valence-corrected chi connectivity index (χ0v) is 13.6. The molecular weight excluding hydrogens is 308 g/mol. The van der Waals surface area contributed by atoms with Gasteiger partial charge in [-0.25, -0.2) is 9.59 Å². The van der Waals surface area contributed by atoms with Gasteiger partial charge in [-0.2, -0.15) is 5.26 Å². The number of esters is 1. The number of likely N-dealkylation sites (tertiary alicyclic amines) is 1. The summed E-state index contributed by atoms with van der Waals surface area (Å²) in [4.78, 5) is 25.9. The molecule has 1 heterocycles. The normalized spacial score (nSPS) is 22.5. The summed E-state index contributed by atoms with van der Waals surface area (Å²) in [6, 6.07) is 10.4. The molecule has 0 aliphatic carbocycles. The average Bonchev–Trinajstić information content (AvgIpc) is 3.00. The molecule has 0 radical (unpaired) electrons. The van der Waals surface area contributed by atoms with Crippen LogP contribution in [0.5, 0.6) is 0 Å². The zero-order chi connectivity index (χ0) is 17.6. The van der Waals surface area contributed by atoms with E-state index in [0.29, 0.717) is 12.8 Å². The number of allylic oxidation sites excluding steroid dienone is 1. The number of hydrogen-bond acceptors (Lipinski definition) is 5. The molecule has 2 unspecified atom stereocenters. The quantitative estimate of drug-likeness (QED) is 0.613. The fraction of sp³-hybridized carbons (Fsp3) is 0.389. The van der Waals surface area contributed by atoms with Crippen LogP contribution in [0.2, 0.25) is 0 Å².